The molecular weight excluding hydrogens is 353 g/mol. The molecule has 0 atom stereocenters. The second kappa shape index (κ2) is 8.34. The molecule has 132 valence electrons. The third kappa shape index (κ3) is 4.84. The van der Waals surface area contributed by atoms with Gasteiger partial charge in [-0.05, 0) is 30.3 Å². The zero-order valence-corrected chi connectivity index (χ0v) is 14.2. The molecule has 2 aromatic carbocycles. The third-order valence-electron chi connectivity index (χ3n) is 3.17. The van der Waals surface area contributed by atoms with E-state index in [1.54, 1.807) is 6.07 Å². The zero-order valence-electron chi connectivity index (χ0n) is 13.5. The molecule has 0 bridgehead atoms. The first-order valence-corrected chi connectivity index (χ1v) is 7.46. The summed E-state index contributed by atoms with van der Waals surface area (Å²) in [6.07, 6.45) is 0. The van der Waals surface area contributed by atoms with Crippen LogP contribution in [0, 0.1) is 5.82 Å². The van der Waals surface area contributed by atoms with E-state index >= 15 is 0 Å². The highest BCUT2D eigenvalue weighted by atomic mass is 35.5. The van der Waals surface area contributed by atoms with Crippen LogP contribution in [0.25, 0.3) is 0 Å². The Hall–Kier alpha value is -2.80. The number of halogens is 2. The van der Waals surface area contributed by atoms with E-state index < -0.39 is 24.3 Å². The second-order valence-corrected chi connectivity index (χ2v) is 5.23. The summed E-state index contributed by atoms with van der Waals surface area (Å²) in [7, 11) is 2.88. The van der Waals surface area contributed by atoms with Crippen molar-refractivity contribution in [2.24, 2.45) is 0 Å². The topological polar surface area (TPSA) is 73.9 Å². The van der Waals surface area contributed by atoms with Crippen molar-refractivity contribution in [3.05, 3.63) is 52.8 Å². The first-order valence-electron chi connectivity index (χ1n) is 7.08. The van der Waals surface area contributed by atoms with Gasteiger partial charge in [-0.3, -0.25) is 4.79 Å². The molecule has 0 aliphatic rings. The van der Waals surface area contributed by atoms with Crippen molar-refractivity contribution < 1.29 is 28.2 Å². The Bertz CT molecular complexity index is 797. The largest absolute Gasteiger partial charge is 0.497 e. The molecule has 25 heavy (non-hydrogen) atoms. The molecule has 0 aliphatic carbocycles. The Balaban J connectivity index is 1.97. The summed E-state index contributed by atoms with van der Waals surface area (Å²) < 4.78 is 28.2. The maximum atomic E-state index is 13.1. The van der Waals surface area contributed by atoms with Crippen LogP contribution in [0.4, 0.5) is 10.1 Å². The monoisotopic (exact) mass is 367 g/mol. The Morgan fingerprint density at radius 1 is 1.12 bits per heavy atom. The van der Waals surface area contributed by atoms with E-state index in [4.69, 9.17) is 25.8 Å². The molecule has 0 unspecified atom stereocenters. The number of anilines is 1. The Labute approximate surface area is 148 Å². The lowest BCUT2D eigenvalue weighted by molar-refractivity contribution is -0.119. The summed E-state index contributed by atoms with van der Waals surface area (Å²) >= 11 is 5.63. The Morgan fingerprint density at radius 2 is 1.88 bits per heavy atom. The van der Waals surface area contributed by atoms with Crippen molar-refractivity contribution in [2.75, 3.05) is 26.1 Å². The molecule has 0 aromatic heterocycles. The number of ether oxygens (including phenoxy) is 3. The van der Waals surface area contributed by atoms with Crippen LogP contribution in [0.3, 0.4) is 0 Å². The minimum absolute atomic E-state index is 0.127. The van der Waals surface area contributed by atoms with Crippen LogP contribution >= 0.6 is 11.6 Å². The van der Waals surface area contributed by atoms with E-state index in [1.807, 2.05) is 0 Å². The highest BCUT2D eigenvalue weighted by Crippen LogP contribution is 2.25. The minimum atomic E-state index is -0.730. The molecule has 0 heterocycles. The Morgan fingerprint density at radius 3 is 2.52 bits per heavy atom. The van der Waals surface area contributed by atoms with E-state index in [-0.39, 0.29) is 22.0 Å². The summed E-state index contributed by atoms with van der Waals surface area (Å²) in [6.45, 7) is -0.525. The van der Waals surface area contributed by atoms with Crippen molar-refractivity contribution >= 4 is 29.2 Å². The van der Waals surface area contributed by atoms with Gasteiger partial charge in [-0.2, -0.15) is 0 Å². The summed E-state index contributed by atoms with van der Waals surface area (Å²) in [6, 6.07) is 8.28. The number of rotatable bonds is 6. The average molecular weight is 368 g/mol. The maximum absolute atomic E-state index is 13.1. The van der Waals surface area contributed by atoms with E-state index in [9.17, 15) is 14.0 Å². The van der Waals surface area contributed by atoms with Gasteiger partial charge in [0.15, 0.2) is 6.61 Å². The second-order valence-electron chi connectivity index (χ2n) is 4.82. The maximum Gasteiger partial charge on any atom is 0.342 e. The predicted octanol–water partition coefficient (Wildman–Crippen LogP) is 3.29. The van der Waals surface area contributed by atoms with Crippen molar-refractivity contribution in [1.82, 2.24) is 0 Å². The van der Waals surface area contributed by atoms with Gasteiger partial charge in [0, 0.05) is 11.8 Å². The number of methoxy groups -OCH3 is 2. The highest BCUT2D eigenvalue weighted by molar-refractivity contribution is 6.31. The molecule has 2 aromatic rings. The number of amides is 1. The lowest BCUT2D eigenvalue weighted by Crippen LogP contribution is -2.21. The van der Waals surface area contributed by atoms with Crippen molar-refractivity contribution in [3.63, 3.8) is 0 Å². The molecule has 2 rings (SSSR count). The molecule has 6 nitrogen and oxygen atoms in total. The molecular formula is C17H15ClFNO5. The van der Waals surface area contributed by atoms with Crippen LogP contribution in [0.5, 0.6) is 11.5 Å². The summed E-state index contributed by atoms with van der Waals surface area (Å²) in [5, 5.41) is 2.32. The molecule has 0 saturated carbocycles. The number of hydrogen-bond acceptors (Lipinski definition) is 5. The number of carbonyl (C=O) groups excluding carboxylic acids is 2. The molecule has 1 amide bonds. The van der Waals surface area contributed by atoms with Crippen LogP contribution in [-0.2, 0) is 9.53 Å². The summed E-state index contributed by atoms with van der Waals surface area (Å²) in [5.74, 6) is -1.15. The quantitative estimate of drug-likeness (QED) is 0.793. The predicted molar refractivity (Wildman–Crippen MR) is 89.9 cm³/mol. The normalized spacial score (nSPS) is 10.1. The first-order chi connectivity index (χ1) is 11.9. The number of esters is 1. The number of carbonyl (C=O) groups is 2. The first kappa shape index (κ1) is 18.5. The molecule has 1 N–H and O–H groups in total. The molecule has 0 saturated heterocycles. The number of hydrogen-bond donors (Lipinski definition) is 1. The van der Waals surface area contributed by atoms with Crippen LogP contribution in [0.15, 0.2) is 36.4 Å². The highest BCUT2D eigenvalue weighted by Gasteiger charge is 2.16. The van der Waals surface area contributed by atoms with Gasteiger partial charge in [0.05, 0.1) is 19.2 Å². The van der Waals surface area contributed by atoms with Gasteiger partial charge in [-0.1, -0.05) is 11.6 Å². The van der Waals surface area contributed by atoms with Crippen molar-refractivity contribution in [3.8, 4) is 11.5 Å². The van der Waals surface area contributed by atoms with E-state index in [2.05, 4.69) is 5.32 Å². The lowest BCUT2D eigenvalue weighted by Gasteiger charge is -2.10. The Kier molecular flexibility index (Phi) is 6.19. The van der Waals surface area contributed by atoms with Gasteiger partial charge in [-0.25, -0.2) is 9.18 Å². The summed E-state index contributed by atoms with van der Waals surface area (Å²) in [4.78, 5) is 23.9. The van der Waals surface area contributed by atoms with E-state index in [0.29, 0.717) is 5.75 Å². The standard InChI is InChI=1S/C17H15ClFNO5/c1-23-11-4-5-12(15(8-11)24-2)17(22)25-9-16(21)20-10-3-6-14(19)13(18)7-10/h3-8H,9H2,1-2H3,(H,20,21). The van der Waals surface area contributed by atoms with Gasteiger partial charge >= 0.3 is 5.97 Å². The van der Waals surface area contributed by atoms with Crippen LogP contribution < -0.4 is 14.8 Å². The molecule has 0 spiro atoms. The third-order valence-corrected chi connectivity index (χ3v) is 3.46. The van der Waals surface area contributed by atoms with Crippen LogP contribution in [-0.4, -0.2) is 32.7 Å². The molecule has 8 heteroatoms. The fraction of sp³-hybridized carbons (Fsp3) is 0.176. The zero-order chi connectivity index (χ0) is 18.4. The number of benzene rings is 2. The van der Waals surface area contributed by atoms with Crippen LogP contribution in [0.1, 0.15) is 10.4 Å². The summed E-state index contributed by atoms with van der Waals surface area (Å²) in [5.41, 5.74) is 0.440. The smallest absolute Gasteiger partial charge is 0.342 e. The van der Waals surface area contributed by atoms with E-state index in [0.717, 1.165) is 6.07 Å². The number of nitrogens with one attached hydrogen (secondary N) is 1. The fourth-order valence-corrected chi connectivity index (χ4v) is 2.13. The van der Waals surface area contributed by atoms with Crippen LogP contribution in [0.2, 0.25) is 5.02 Å². The fourth-order valence-electron chi connectivity index (χ4n) is 1.95. The van der Waals surface area contributed by atoms with Gasteiger partial charge in [-0.15, -0.1) is 0 Å². The van der Waals surface area contributed by atoms with Gasteiger partial charge in [0.1, 0.15) is 22.9 Å². The van der Waals surface area contributed by atoms with Crippen molar-refractivity contribution in [2.45, 2.75) is 0 Å². The molecule has 0 fully saturated rings. The molecule has 0 aliphatic heterocycles. The minimum Gasteiger partial charge on any atom is -0.497 e. The lowest BCUT2D eigenvalue weighted by atomic mass is 10.2. The van der Waals surface area contributed by atoms with E-state index in [1.165, 1.54) is 38.5 Å². The van der Waals surface area contributed by atoms with Gasteiger partial charge in [0.2, 0.25) is 0 Å². The van der Waals surface area contributed by atoms with Gasteiger partial charge in [0.25, 0.3) is 5.91 Å². The average Bonchev–Trinajstić information content (AvgIpc) is 2.62. The molecule has 0 radical (unpaired) electrons. The van der Waals surface area contributed by atoms with Gasteiger partial charge < -0.3 is 19.5 Å². The van der Waals surface area contributed by atoms with Crippen molar-refractivity contribution in [1.29, 1.82) is 0 Å². The SMILES string of the molecule is COc1ccc(C(=O)OCC(=O)Nc2ccc(F)c(Cl)c2)c(OC)c1.